The van der Waals surface area contributed by atoms with Gasteiger partial charge in [-0.05, 0) is 26.3 Å². The molecule has 0 bridgehead atoms. The number of ether oxygens (including phenoxy) is 1. The lowest BCUT2D eigenvalue weighted by atomic mass is 9.99. The highest BCUT2D eigenvalue weighted by molar-refractivity contribution is 5.74. The molecule has 0 aliphatic rings. The van der Waals surface area contributed by atoms with Gasteiger partial charge in [0.2, 0.25) is 0 Å². The molecule has 0 aliphatic heterocycles. The van der Waals surface area contributed by atoms with E-state index in [-0.39, 0.29) is 24.8 Å². The van der Waals surface area contributed by atoms with E-state index in [1.54, 1.807) is 0 Å². The molecular weight excluding hydrogens is 268 g/mol. The third-order valence-corrected chi connectivity index (χ3v) is 3.09. The Morgan fingerprint density at radius 2 is 2.05 bits per heavy atom. The number of hydrogen-bond acceptors (Lipinski definition) is 3. The average Bonchev–Trinajstić information content (AvgIpc) is 2.43. The van der Waals surface area contributed by atoms with Gasteiger partial charge >= 0.3 is 6.03 Å². The Balaban J connectivity index is 2.53. The van der Waals surface area contributed by atoms with Gasteiger partial charge < -0.3 is 20.5 Å². The van der Waals surface area contributed by atoms with Crippen LogP contribution in [0.4, 0.5) is 4.79 Å². The summed E-state index contributed by atoms with van der Waals surface area (Å²) in [6.45, 7) is 6.70. The summed E-state index contributed by atoms with van der Waals surface area (Å²) in [5.74, 6) is 0.680. The second-order valence-corrected chi connectivity index (χ2v) is 5.62. The van der Waals surface area contributed by atoms with Crippen LogP contribution < -0.4 is 15.4 Å². The van der Waals surface area contributed by atoms with E-state index in [1.807, 2.05) is 38.1 Å². The highest BCUT2D eigenvalue weighted by atomic mass is 16.5. The van der Waals surface area contributed by atoms with Crippen LogP contribution in [-0.2, 0) is 6.54 Å². The molecule has 5 nitrogen and oxygen atoms in total. The molecule has 1 rings (SSSR count). The fourth-order valence-corrected chi connectivity index (χ4v) is 2.16. The zero-order valence-corrected chi connectivity index (χ0v) is 13.1. The molecule has 0 spiro atoms. The van der Waals surface area contributed by atoms with Gasteiger partial charge in [0, 0.05) is 17.6 Å². The van der Waals surface area contributed by atoms with Gasteiger partial charge in [0.1, 0.15) is 12.4 Å². The van der Waals surface area contributed by atoms with Crippen LogP contribution in [0.15, 0.2) is 24.3 Å². The fraction of sp³-hybridized carbons (Fsp3) is 0.562. The van der Waals surface area contributed by atoms with Crippen molar-refractivity contribution >= 4 is 6.03 Å². The minimum Gasteiger partial charge on any atom is -0.491 e. The molecule has 0 radical (unpaired) electrons. The molecule has 0 unspecified atom stereocenters. The number of carbonyl (C=O) groups excluding carboxylic acids is 1. The summed E-state index contributed by atoms with van der Waals surface area (Å²) in [4.78, 5) is 11.9. The van der Waals surface area contributed by atoms with Crippen LogP contribution in [0.3, 0.4) is 0 Å². The largest absolute Gasteiger partial charge is 0.491 e. The number of amides is 2. The molecule has 5 heteroatoms. The number of hydrogen-bond donors (Lipinski definition) is 3. The molecule has 21 heavy (non-hydrogen) atoms. The Bertz CT molecular complexity index is 447. The van der Waals surface area contributed by atoms with Crippen LogP contribution in [0, 0.1) is 0 Å². The molecule has 0 atom stereocenters. The summed E-state index contributed by atoms with van der Waals surface area (Å²) in [6.07, 6.45) is 1.95. The van der Waals surface area contributed by atoms with E-state index >= 15 is 0 Å². The second kappa shape index (κ2) is 8.52. The molecule has 0 saturated heterocycles. The van der Waals surface area contributed by atoms with Crippen LogP contribution in [-0.4, -0.2) is 29.9 Å². The minimum absolute atomic E-state index is 0.0343. The highest BCUT2D eigenvalue weighted by Crippen LogP contribution is 2.17. The third kappa shape index (κ3) is 6.49. The number of aliphatic hydroxyl groups excluding tert-OH is 1. The smallest absolute Gasteiger partial charge is 0.315 e. The molecule has 3 N–H and O–H groups in total. The van der Waals surface area contributed by atoms with Crippen LogP contribution in [0.1, 0.15) is 39.2 Å². The summed E-state index contributed by atoms with van der Waals surface area (Å²) < 4.78 is 5.44. The molecule has 0 heterocycles. The Labute approximate surface area is 126 Å². The number of carbonyl (C=O) groups is 1. The third-order valence-electron chi connectivity index (χ3n) is 3.09. The first-order valence-electron chi connectivity index (χ1n) is 7.36. The van der Waals surface area contributed by atoms with Crippen molar-refractivity contribution < 1.29 is 14.6 Å². The first-order valence-corrected chi connectivity index (χ1v) is 7.36. The van der Waals surface area contributed by atoms with E-state index in [0.29, 0.717) is 12.3 Å². The van der Waals surface area contributed by atoms with Crippen LogP contribution in [0.5, 0.6) is 5.75 Å². The summed E-state index contributed by atoms with van der Waals surface area (Å²) in [7, 11) is 0. The Hall–Kier alpha value is -1.75. The normalized spacial score (nSPS) is 11.0. The van der Waals surface area contributed by atoms with Crippen molar-refractivity contribution in [2.75, 3.05) is 13.2 Å². The molecule has 2 amide bonds. The van der Waals surface area contributed by atoms with Gasteiger partial charge in [-0.15, -0.1) is 0 Å². The van der Waals surface area contributed by atoms with Crippen molar-refractivity contribution in [3.63, 3.8) is 0 Å². The predicted octanol–water partition coefficient (Wildman–Crippen LogP) is 2.44. The van der Waals surface area contributed by atoms with Gasteiger partial charge in [0.15, 0.2) is 0 Å². The minimum atomic E-state index is -0.217. The lowest BCUT2D eigenvalue weighted by molar-refractivity contribution is 0.200. The monoisotopic (exact) mass is 294 g/mol. The maximum absolute atomic E-state index is 11.9. The highest BCUT2D eigenvalue weighted by Gasteiger charge is 2.18. The van der Waals surface area contributed by atoms with Crippen molar-refractivity contribution in [2.24, 2.45) is 0 Å². The van der Waals surface area contributed by atoms with Gasteiger partial charge in [-0.1, -0.05) is 31.5 Å². The standard InChI is InChI=1S/C16H26N2O3/c1-4-9-16(2,3)18-15(20)17-12-13-7-5-6-8-14(13)21-11-10-19/h5-8,19H,4,9-12H2,1-3H3,(H2,17,18,20). The zero-order valence-electron chi connectivity index (χ0n) is 13.1. The van der Waals surface area contributed by atoms with Crippen LogP contribution in [0.25, 0.3) is 0 Å². The SMILES string of the molecule is CCCC(C)(C)NC(=O)NCc1ccccc1OCCO. The number of aliphatic hydroxyl groups is 1. The van der Waals surface area contributed by atoms with Crippen molar-refractivity contribution in [3.8, 4) is 5.75 Å². The summed E-state index contributed by atoms with van der Waals surface area (Å²) in [6, 6.07) is 7.28. The first-order chi connectivity index (χ1) is 9.98. The zero-order chi connectivity index (χ0) is 15.7. The molecule has 0 fully saturated rings. The predicted molar refractivity (Wildman–Crippen MR) is 83.4 cm³/mol. The van der Waals surface area contributed by atoms with E-state index < -0.39 is 0 Å². The summed E-state index contributed by atoms with van der Waals surface area (Å²) in [5.41, 5.74) is 0.667. The fourth-order valence-electron chi connectivity index (χ4n) is 2.16. The number of rotatable bonds is 8. The molecule has 0 aliphatic carbocycles. The lowest BCUT2D eigenvalue weighted by Crippen LogP contribution is -2.48. The van der Waals surface area contributed by atoms with Gasteiger partial charge in [-0.2, -0.15) is 0 Å². The molecule has 118 valence electrons. The van der Waals surface area contributed by atoms with Crippen molar-refractivity contribution in [1.82, 2.24) is 10.6 Å². The van der Waals surface area contributed by atoms with Crippen molar-refractivity contribution in [2.45, 2.75) is 45.7 Å². The Kier molecular flexibility index (Phi) is 7.02. The number of nitrogens with one attached hydrogen (secondary N) is 2. The van der Waals surface area contributed by atoms with Gasteiger partial charge in [-0.3, -0.25) is 0 Å². The molecule has 1 aromatic carbocycles. The maximum atomic E-state index is 11.9. The summed E-state index contributed by atoms with van der Waals surface area (Å²) in [5, 5.41) is 14.6. The summed E-state index contributed by atoms with van der Waals surface area (Å²) >= 11 is 0. The average molecular weight is 294 g/mol. The topological polar surface area (TPSA) is 70.6 Å². The van der Waals surface area contributed by atoms with E-state index in [4.69, 9.17) is 9.84 Å². The van der Waals surface area contributed by atoms with E-state index in [0.717, 1.165) is 18.4 Å². The Morgan fingerprint density at radius 3 is 2.71 bits per heavy atom. The second-order valence-electron chi connectivity index (χ2n) is 5.62. The van der Waals surface area contributed by atoms with Crippen LogP contribution >= 0.6 is 0 Å². The van der Waals surface area contributed by atoms with Gasteiger partial charge in [0.05, 0.1) is 6.61 Å². The van der Waals surface area contributed by atoms with E-state index in [1.165, 1.54) is 0 Å². The van der Waals surface area contributed by atoms with Crippen molar-refractivity contribution in [1.29, 1.82) is 0 Å². The number of para-hydroxylation sites is 1. The van der Waals surface area contributed by atoms with Crippen molar-refractivity contribution in [3.05, 3.63) is 29.8 Å². The molecule has 0 saturated carbocycles. The van der Waals surface area contributed by atoms with Gasteiger partial charge in [-0.25, -0.2) is 4.79 Å². The quantitative estimate of drug-likeness (QED) is 0.689. The number of urea groups is 1. The molecular formula is C16H26N2O3. The van der Waals surface area contributed by atoms with Gasteiger partial charge in [0.25, 0.3) is 0 Å². The Morgan fingerprint density at radius 1 is 1.33 bits per heavy atom. The maximum Gasteiger partial charge on any atom is 0.315 e. The molecule has 1 aromatic rings. The lowest BCUT2D eigenvalue weighted by Gasteiger charge is -2.26. The van der Waals surface area contributed by atoms with E-state index in [9.17, 15) is 4.79 Å². The number of benzene rings is 1. The molecule has 0 aromatic heterocycles. The van der Waals surface area contributed by atoms with Crippen LogP contribution in [0.2, 0.25) is 0 Å². The first kappa shape index (κ1) is 17.3. The van der Waals surface area contributed by atoms with E-state index in [2.05, 4.69) is 17.6 Å².